The number of aliphatic carboxylic acids is 1. The molecule has 0 radical (unpaired) electrons. The Morgan fingerprint density at radius 3 is 2.71 bits per heavy atom. The Hall–Kier alpha value is -2.11. The molecule has 0 saturated carbocycles. The Labute approximate surface area is 124 Å². The normalized spacial score (nSPS) is 12.0. The van der Waals surface area contributed by atoms with Crippen LogP contribution in [-0.4, -0.2) is 35.2 Å². The number of esters is 1. The van der Waals surface area contributed by atoms with Crippen LogP contribution in [0.1, 0.15) is 37.6 Å². The molecule has 1 rings (SSSR count). The van der Waals surface area contributed by atoms with Crippen LogP contribution in [0.15, 0.2) is 18.3 Å². The summed E-state index contributed by atoms with van der Waals surface area (Å²) in [5, 5.41) is 12.2. The van der Waals surface area contributed by atoms with Gasteiger partial charge in [0.2, 0.25) is 0 Å². The molecule has 0 spiro atoms. The van der Waals surface area contributed by atoms with Gasteiger partial charge in [0.05, 0.1) is 12.5 Å². The maximum absolute atomic E-state index is 11.8. The minimum atomic E-state index is -0.857. The number of pyridine rings is 1. The average Bonchev–Trinajstić information content (AvgIpc) is 2.43. The summed E-state index contributed by atoms with van der Waals surface area (Å²) >= 11 is 0. The van der Waals surface area contributed by atoms with Crippen LogP contribution in [0.5, 0.6) is 0 Å². The number of carbonyl (C=O) groups is 2. The molecule has 21 heavy (non-hydrogen) atoms. The molecule has 2 N–H and O–H groups in total. The van der Waals surface area contributed by atoms with Crippen molar-refractivity contribution in [2.45, 2.75) is 27.2 Å². The minimum absolute atomic E-state index is 0.219. The standard InChI is InChI=1S/C15H22N2O4/c1-4-21-15(20)12-6-5-7-16-13(12)17-9-11(14(18)19)8-10(2)3/h5-7,10-11H,4,8-9H2,1-3H3,(H,16,17)(H,18,19). The van der Waals surface area contributed by atoms with Crippen LogP contribution in [0.2, 0.25) is 0 Å². The van der Waals surface area contributed by atoms with E-state index in [2.05, 4.69) is 10.3 Å². The molecule has 1 unspecified atom stereocenters. The van der Waals surface area contributed by atoms with E-state index in [1.165, 1.54) is 0 Å². The number of nitrogens with one attached hydrogen (secondary N) is 1. The van der Waals surface area contributed by atoms with Crippen molar-refractivity contribution in [3.8, 4) is 0 Å². The molecule has 0 fully saturated rings. The molecule has 0 saturated heterocycles. The van der Waals surface area contributed by atoms with Crippen molar-refractivity contribution in [1.29, 1.82) is 0 Å². The van der Waals surface area contributed by atoms with E-state index in [9.17, 15) is 14.7 Å². The second kappa shape index (κ2) is 8.24. The van der Waals surface area contributed by atoms with Gasteiger partial charge in [-0.3, -0.25) is 4.79 Å². The molecule has 6 heteroatoms. The lowest BCUT2D eigenvalue weighted by molar-refractivity contribution is -0.141. The largest absolute Gasteiger partial charge is 0.481 e. The highest BCUT2D eigenvalue weighted by molar-refractivity contribution is 5.94. The monoisotopic (exact) mass is 294 g/mol. The maximum Gasteiger partial charge on any atom is 0.341 e. The van der Waals surface area contributed by atoms with Crippen LogP contribution < -0.4 is 5.32 Å². The molecule has 0 bridgehead atoms. The zero-order chi connectivity index (χ0) is 15.8. The summed E-state index contributed by atoms with van der Waals surface area (Å²) in [6.07, 6.45) is 2.10. The van der Waals surface area contributed by atoms with E-state index in [0.29, 0.717) is 17.8 Å². The summed E-state index contributed by atoms with van der Waals surface area (Å²) in [6, 6.07) is 3.24. The number of carbonyl (C=O) groups excluding carboxylic acids is 1. The lowest BCUT2D eigenvalue weighted by atomic mass is 9.97. The first kappa shape index (κ1) is 16.9. The van der Waals surface area contributed by atoms with Crippen molar-refractivity contribution in [2.75, 3.05) is 18.5 Å². The third kappa shape index (κ3) is 5.41. The average molecular weight is 294 g/mol. The lowest BCUT2D eigenvalue weighted by Gasteiger charge is -2.16. The van der Waals surface area contributed by atoms with E-state index in [1.807, 2.05) is 13.8 Å². The summed E-state index contributed by atoms with van der Waals surface area (Å²) in [5.41, 5.74) is 0.313. The Kier molecular flexibility index (Phi) is 6.65. The van der Waals surface area contributed by atoms with E-state index in [1.54, 1.807) is 25.3 Å². The van der Waals surface area contributed by atoms with Crippen LogP contribution >= 0.6 is 0 Å². The molecule has 0 amide bonds. The fourth-order valence-electron chi connectivity index (χ4n) is 1.98. The van der Waals surface area contributed by atoms with E-state index in [0.717, 1.165) is 0 Å². The number of hydrogen-bond acceptors (Lipinski definition) is 5. The Morgan fingerprint density at radius 2 is 2.14 bits per heavy atom. The van der Waals surface area contributed by atoms with Crippen molar-refractivity contribution in [1.82, 2.24) is 4.98 Å². The molecule has 116 valence electrons. The molecule has 1 heterocycles. The lowest BCUT2D eigenvalue weighted by Crippen LogP contribution is -2.25. The highest BCUT2D eigenvalue weighted by atomic mass is 16.5. The Bertz CT molecular complexity index is 488. The first-order chi connectivity index (χ1) is 9.95. The summed E-state index contributed by atoms with van der Waals surface area (Å²) in [7, 11) is 0. The van der Waals surface area contributed by atoms with Gasteiger partial charge in [0.1, 0.15) is 11.4 Å². The van der Waals surface area contributed by atoms with Gasteiger partial charge in [-0.15, -0.1) is 0 Å². The second-order valence-corrected chi connectivity index (χ2v) is 5.17. The van der Waals surface area contributed by atoms with Gasteiger partial charge >= 0.3 is 11.9 Å². The fraction of sp³-hybridized carbons (Fsp3) is 0.533. The van der Waals surface area contributed by atoms with Crippen molar-refractivity contribution >= 4 is 17.8 Å². The summed E-state index contributed by atoms with van der Waals surface area (Å²) in [4.78, 5) is 27.1. The van der Waals surface area contributed by atoms with Gasteiger partial charge in [0.15, 0.2) is 0 Å². The van der Waals surface area contributed by atoms with Gasteiger partial charge in [0, 0.05) is 12.7 Å². The first-order valence-electron chi connectivity index (χ1n) is 7.04. The van der Waals surface area contributed by atoms with Crippen molar-refractivity contribution in [3.63, 3.8) is 0 Å². The smallest absolute Gasteiger partial charge is 0.341 e. The molecule has 1 aromatic rings. The van der Waals surface area contributed by atoms with E-state index in [-0.39, 0.29) is 19.1 Å². The number of carboxylic acids is 1. The number of rotatable bonds is 8. The third-order valence-electron chi connectivity index (χ3n) is 2.92. The van der Waals surface area contributed by atoms with Gasteiger partial charge < -0.3 is 15.2 Å². The summed E-state index contributed by atoms with van der Waals surface area (Å²) < 4.78 is 4.95. The van der Waals surface area contributed by atoms with Crippen LogP contribution in [0.25, 0.3) is 0 Å². The highest BCUT2D eigenvalue weighted by Crippen LogP contribution is 2.16. The highest BCUT2D eigenvalue weighted by Gasteiger charge is 2.20. The topological polar surface area (TPSA) is 88.5 Å². The predicted octanol–water partition coefficient (Wildman–Crippen LogP) is 2.42. The minimum Gasteiger partial charge on any atom is -0.481 e. The van der Waals surface area contributed by atoms with Gasteiger partial charge in [0.25, 0.3) is 0 Å². The molecule has 0 aliphatic rings. The second-order valence-electron chi connectivity index (χ2n) is 5.17. The maximum atomic E-state index is 11.8. The molecule has 0 aliphatic heterocycles. The predicted molar refractivity (Wildman–Crippen MR) is 79.3 cm³/mol. The summed E-state index contributed by atoms with van der Waals surface area (Å²) in [5.74, 6) is -1.22. The zero-order valence-corrected chi connectivity index (χ0v) is 12.6. The van der Waals surface area contributed by atoms with E-state index < -0.39 is 17.9 Å². The number of aromatic nitrogens is 1. The number of nitrogens with zero attached hydrogens (tertiary/aromatic N) is 1. The van der Waals surface area contributed by atoms with Gasteiger partial charge in [-0.2, -0.15) is 0 Å². The van der Waals surface area contributed by atoms with Crippen molar-refractivity contribution < 1.29 is 19.4 Å². The molecule has 1 atom stereocenters. The molecular formula is C15H22N2O4. The Balaban J connectivity index is 2.78. The van der Waals surface area contributed by atoms with Crippen molar-refractivity contribution in [3.05, 3.63) is 23.9 Å². The van der Waals surface area contributed by atoms with Crippen molar-refractivity contribution in [2.24, 2.45) is 11.8 Å². The molecule has 6 nitrogen and oxygen atoms in total. The number of ether oxygens (including phenoxy) is 1. The van der Waals surface area contributed by atoms with Crippen LogP contribution in [0, 0.1) is 11.8 Å². The van der Waals surface area contributed by atoms with Gasteiger partial charge in [-0.25, -0.2) is 9.78 Å². The molecule has 1 aromatic heterocycles. The molecule has 0 aliphatic carbocycles. The first-order valence-corrected chi connectivity index (χ1v) is 7.04. The van der Waals surface area contributed by atoms with Crippen LogP contribution in [0.3, 0.4) is 0 Å². The number of anilines is 1. The van der Waals surface area contributed by atoms with E-state index in [4.69, 9.17) is 4.74 Å². The van der Waals surface area contributed by atoms with E-state index >= 15 is 0 Å². The molecule has 0 aromatic carbocycles. The number of carboxylic acid groups (broad SMARTS) is 1. The quantitative estimate of drug-likeness (QED) is 0.716. The Morgan fingerprint density at radius 1 is 1.43 bits per heavy atom. The fourth-order valence-corrected chi connectivity index (χ4v) is 1.98. The zero-order valence-electron chi connectivity index (χ0n) is 12.6. The van der Waals surface area contributed by atoms with Gasteiger partial charge in [-0.1, -0.05) is 13.8 Å². The van der Waals surface area contributed by atoms with Crippen LogP contribution in [-0.2, 0) is 9.53 Å². The number of hydrogen-bond donors (Lipinski definition) is 2. The summed E-state index contributed by atoms with van der Waals surface area (Å²) in [6.45, 7) is 6.17. The SMILES string of the molecule is CCOC(=O)c1cccnc1NCC(CC(C)C)C(=O)O. The van der Waals surface area contributed by atoms with Crippen LogP contribution in [0.4, 0.5) is 5.82 Å². The van der Waals surface area contributed by atoms with Gasteiger partial charge in [-0.05, 0) is 31.4 Å². The third-order valence-corrected chi connectivity index (χ3v) is 2.92. The molecular weight excluding hydrogens is 272 g/mol.